The summed E-state index contributed by atoms with van der Waals surface area (Å²) < 4.78 is 9.79. The van der Waals surface area contributed by atoms with Crippen LogP contribution in [0.15, 0.2) is 24.5 Å². The zero-order valence-electron chi connectivity index (χ0n) is 8.27. The van der Waals surface area contributed by atoms with Gasteiger partial charge in [0, 0.05) is 12.4 Å². The fourth-order valence-corrected chi connectivity index (χ4v) is 0.939. The second kappa shape index (κ2) is 5.34. The Bertz CT molecular complexity index is 287. The Morgan fingerprint density at radius 1 is 1.64 bits per heavy atom. The molecule has 0 aliphatic heterocycles. The van der Waals surface area contributed by atoms with E-state index in [1.807, 2.05) is 12.1 Å². The van der Waals surface area contributed by atoms with Gasteiger partial charge in [-0.25, -0.2) is 4.79 Å². The minimum atomic E-state index is -0.541. The molecule has 14 heavy (non-hydrogen) atoms. The number of methoxy groups -OCH3 is 1. The molecule has 0 unspecified atom stereocenters. The number of carbonyl (C=O) groups is 1. The first-order valence-electron chi connectivity index (χ1n) is 4.32. The van der Waals surface area contributed by atoms with Crippen molar-refractivity contribution in [2.45, 2.75) is 19.6 Å². The van der Waals surface area contributed by atoms with Crippen LogP contribution in [-0.2, 0) is 20.9 Å². The van der Waals surface area contributed by atoms with Crippen molar-refractivity contribution in [1.29, 1.82) is 0 Å². The van der Waals surface area contributed by atoms with E-state index in [-0.39, 0.29) is 5.97 Å². The molecule has 0 N–H and O–H groups in total. The van der Waals surface area contributed by atoms with Crippen molar-refractivity contribution in [2.24, 2.45) is 0 Å². The third-order valence-electron chi connectivity index (χ3n) is 1.76. The predicted molar refractivity (Wildman–Crippen MR) is 50.5 cm³/mol. The maximum atomic E-state index is 11.0. The second-order valence-corrected chi connectivity index (χ2v) is 2.84. The van der Waals surface area contributed by atoms with Gasteiger partial charge in [-0.15, -0.1) is 0 Å². The number of rotatable bonds is 4. The molecule has 0 saturated carbocycles. The van der Waals surface area contributed by atoms with Crippen molar-refractivity contribution in [3.8, 4) is 0 Å². The molecule has 1 heterocycles. The van der Waals surface area contributed by atoms with E-state index in [1.54, 1.807) is 19.3 Å². The van der Waals surface area contributed by atoms with Gasteiger partial charge in [0.25, 0.3) is 0 Å². The highest BCUT2D eigenvalue weighted by Gasteiger charge is 2.12. The van der Waals surface area contributed by atoms with E-state index in [0.29, 0.717) is 6.61 Å². The number of ether oxygens (including phenoxy) is 2. The summed E-state index contributed by atoms with van der Waals surface area (Å²) in [5, 5.41) is 0. The number of aromatic nitrogens is 1. The minimum absolute atomic E-state index is 0.365. The predicted octanol–water partition coefficient (Wildman–Crippen LogP) is 1.16. The highest BCUT2D eigenvalue weighted by Crippen LogP contribution is 2.02. The van der Waals surface area contributed by atoms with Crippen LogP contribution in [-0.4, -0.2) is 24.2 Å². The maximum Gasteiger partial charge on any atom is 0.334 e. The SMILES string of the molecule is COC(=O)[C@@H](C)OCc1cccnc1. The van der Waals surface area contributed by atoms with Crippen LogP contribution in [0.2, 0.25) is 0 Å². The van der Waals surface area contributed by atoms with Crippen molar-refractivity contribution in [3.63, 3.8) is 0 Å². The Kier molecular flexibility index (Phi) is 4.07. The number of hydrogen-bond donors (Lipinski definition) is 0. The smallest absolute Gasteiger partial charge is 0.334 e. The largest absolute Gasteiger partial charge is 0.467 e. The van der Waals surface area contributed by atoms with E-state index in [2.05, 4.69) is 9.72 Å². The fourth-order valence-electron chi connectivity index (χ4n) is 0.939. The average molecular weight is 195 g/mol. The molecule has 1 rings (SSSR count). The lowest BCUT2D eigenvalue weighted by atomic mass is 10.3. The van der Waals surface area contributed by atoms with Gasteiger partial charge in [-0.3, -0.25) is 4.98 Å². The highest BCUT2D eigenvalue weighted by atomic mass is 16.6. The summed E-state index contributed by atoms with van der Waals surface area (Å²) >= 11 is 0. The lowest BCUT2D eigenvalue weighted by Gasteiger charge is -2.09. The molecule has 0 bridgehead atoms. The van der Waals surface area contributed by atoms with Gasteiger partial charge in [-0.2, -0.15) is 0 Å². The van der Waals surface area contributed by atoms with Crippen LogP contribution in [0.5, 0.6) is 0 Å². The van der Waals surface area contributed by atoms with Crippen LogP contribution in [0.3, 0.4) is 0 Å². The number of pyridine rings is 1. The molecule has 4 nitrogen and oxygen atoms in total. The van der Waals surface area contributed by atoms with Gasteiger partial charge in [-0.05, 0) is 18.6 Å². The van der Waals surface area contributed by atoms with Crippen LogP contribution in [0.1, 0.15) is 12.5 Å². The molecule has 0 saturated heterocycles. The van der Waals surface area contributed by atoms with Crippen LogP contribution in [0, 0.1) is 0 Å². The minimum Gasteiger partial charge on any atom is -0.467 e. The van der Waals surface area contributed by atoms with Crippen molar-refractivity contribution in [3.05, 3.63) is 30.1 Å². The summed E-state index contributed by atoms with van der Waals surface area (Å²) in [5.74, 6) is -0.367. The lowest BCUT2D eigenvalue weighted by molar-refractivity contribution is -0.153. The first-order chi connectivity index (χ1) is 6.74. The zero-order valence-corrected chi connectivity index (χ0v) is 8.27. The van der Waals surface area contributed by atoms with Gasteiger partial charge in [0.05, 0.1) is 13.7 Å². The molecule has 1 aromatic rings. The molecule has 0 radical (unpaired) electrons. The zero-order chi connectivity index (χ0) is 10.4. The standard InChI is InChI=1S/C10H13NO3/c1-8(10(12)13-2)14-7-9-4-3-5-11-6-9/h3-6,8H,7H2,1-2H3/t8-/m1/s1. The second-order valence-electron chi connectivity index (χ2n) is 2.84. The summed E-state index contributed by atoms with van der Waals surface area (Å²) in [6.45, 7) is 2.02. The van der Waals surface area contributed by atoms with Crippen LogP contribution >= 0.6 is 0 Å². The fraction of sp³-hybridized carbons (Fsp3) is 0.400. The van der Waals surface area contributed by atoms with E-state index in [4.69, 9.17) is 4.74 Å². The maximum absolute atomic E-state index is 11.0. The quantitative estimate of drug-likeness (QED) is 0.676. The molecule has 0 aliphatic carbocycles. The molecule has 0 fully saturated rings. The third kappa shape index (κ3) is 3.14. The summed E-state index contributed by atoms with van der Waals surface area (Å²) in [7, 11) is 1.34. The van der Waals surface area contributed by atoms with Gasteiger partial charge in [-0.1, -0.05) is 6.07 Å². The monoisotopic (exact) mass is 195 g/mol. The molecule has 0 amide bonds. The first kappa shape index (κ1) is 10.7. The van der Waals surface area contributed by atoms with Crippen LogP contribution in [0.25, 0.3) is 0 Å². The number of hydrogen-bond acceptors (Lipinski definition) is 4. The molecular formula is C10H13NO3. The van der Waals surface area contributed by atoms with Crippen LogP contribution in [0.4, 0.5) is 0 Å². The Labute approximate surface area is 82.9 Å². The Morgan fingerprint density at radius 3 is 3.00 bits per heavy atom. The highest BCUT2D eigenvalue weighted by molar-refractivity contribution is 5.73. The summed E-state index contributed by atoms with van der Waals surface area (Å²) in [6.07, 6.45) is 2.84. The molecule has 4 heteroatoms. The van der Waals surface area contributed by atoms with Gasteiger partial charge in [0.15, 0.2) is 6.10 Å². The van der Waals surface area contributed by atoms with Gasteiger partial charge >= 0.3 is 5.97 Å². The van der Waals surface area contributed by atoms with Crippen molar-refractivity contribution in [1.82, 2.24) is 4.98 Å². The summed E-state index contributed by atoms with van der Waals surface area (Å²) in [5.41, 5.74) is 0.934. The first-order valence-corrected chi connectivity index (χ1v) is 4.32. The van der Waals surface area contributed by atoms with Gasteiger partial charge in [0.1, 0.15) is 0 Å². The molecular weight excluding hydrogens is 182 g/mol. The molecule has 0 spiro atoms. The Hall–Kier alpha value is -1.42. The third-order valence-corrected chi connectivity index (χ3v) is 1.76. The number of nitrogens with zero attached hydrogens (tertiary/aromatic N) is 1. The summed E-state index contributed by atoms with van der Waals surface area (Å²) in [4.78, 5) is 14.9. The van der Waals surface area contributed by atoms with E-state index < -0.39 is 6.10 Å². The number of carbonyl (C=O) groups excluding carboxylic acids is 1. The Morgan fingerprint density at radius 2 is 2.43 bits per heavy atom. The van der Waals surface area contributed by atoms with Crippen LogP contribution < -0.4 is 0 Å². The number of esters is 1. The summed E-state index contributed by atoms with van der Waals surface area (Å²) in [6, 6.07) is 3.71. The van der Waals surface area contributed by atoms with E-state index >= 15 is 0 Å². The molecule has 0 aliphatic rings. The van der Waals surface area contributed by atoms with Gasteiger partial charge in [0.2, 0.25) is 0 Å². The Balaban J connectivity index is 2.38. The van der Waals surface area contributed by atoms with E-state index in [0.717, 1.165) is 5.56 Å². The van der Waals surface area contributed by atoms with E-state index in [9.17, 15) is 4.79 Å². The lowest BCUT2D eigenvalue weighted by Crippen LogP contribution is -2.21. The van der Waals surface area contributed by atoms with Gasteiger partial charge < -0.3 is 9.47 Å². The van der Waals surface area contributed by atoms with Crippen molar-refractivity contribution < 1.29 is 14.3 Å². The molecule has 76 valence electrons. The molecule has 0 aromatic carbocycles. The topological polar surface area (TPSA) is 48.4 Å². The molecule has 1 atom stereocenters. The normalized spacial score (nSPS) is 12.1. The van der Waals surface area contributed by atoms with Crippen molar-refractivity contribution >= 4 is 5.97 Å². The van der Waals surface area contributed by atoms with E-state index in [1.165, 1.54) is 7.11 Å². The molecule has 1 aromatic heterocycles. The van der Waals surface area contributed by atoms with Crippen molar-refractivity contribution in [2.75, 3.05) is 7.11 Å². The average Bonchev–Trinajstić information content (AvgIpc) is 2.26.